The second-order valence-electron chi connectivity index (χ2n) is 5.01. The molecule has 0 saturated heterocycles. The minimum Gasteiger partial charge on any atom is -0.506 e. The Morgan fingerprint density at radius 1 is 1.22 bits per heavy atom. The lowest BCUT2D eigenvalue weighted by atomic mass is 9.99. The highest BCUT2D eigenvalue weighted by molar-refractivity contribution is 9.11. The SMILES string of the molecule is CCc1oc2cc(F)ccc2c1C(=O)c1cc(Br)c(O)c(Br)c1. The number of benzene rings is 2. The van der Waals surface area contributed by atoms with Gasteiger partial charge in [0.15, 0.2) is 5.78 Å². The first kappa shape index (κ1) is 16.2. The van der Waals surface area contributed by atoms with E-state index in [2.05, 4.69) is 31.9 Å². The molecule has 118 valence electrons. The molecular weight excluding hydrogens is 431 g/mol. The number of furan rings is 1. The molecule has 6 heteroatoms. The number of aromatic hydroxyl groups is 1. The molecule has 3 nitrogen and oxygen atoms in total. The predicted molar refractivity (Wildman–Crippen MR) is 92.5 cm³/mol. The maximum absolute atomic E-state index is 13.4. The molecule has 0 aliphatic heterocycles. The van der Waals surface area contributed by atoms with E-state index in [1.165, 1.54) is 12.1 Å². The Hall–Kier alpha value is -1.66. The number of phenolic OH excluding ortho intramolecular Hbond substituents is 1. The van der Waals surface area contributed by atoms with Gasteiger partial charge in [0.05, 0.1) is 14.5 Å². The normalized spacial score (nSPS) is 11.1. The number of fused-ring (bicyclic) bond motifs is 1. The van der Waals surface area contributed by atoms with Crippen molar-refractivity contribution in [1.29, 1.82) is 0 Å². The molecule has 0 spiro atoms. The second kappa shape index (κ2) is 6.09. The first-order valence-electron chi connectivity index (χ1n) is 6.86. The molecule has 0 saturated carbocycles. The van der Waals surface area contributed by atoms with Crippen LogP contribution in [0.25, 0.3) is 11.0 Å². The van der Waals surface area contributed by atoms with Crippen LogP contribution in [-0.4, -0.2) is 10.9 Å². The van der Waals surface area contributed by atoms with Crippen molar-refractivity contribution in [3.05, 3.63) is 62.0 Å². The summed E-state index contributed by atoms with van der Waals surface area (Å²) in [5, 5.41) is 10.4. The zero-order valence-corrected chi connectivity index (χ0v) is 15.2. The summed E-state index contributed by atoms with van der Waals surface area (Å²) in [7, 11) is 0. The van der Waals surface area contributed by atoms with Crippen LogP contribution in [0.2, 0.25) is 0 Å². The van der Waals surface area contributed by atoms with E-state index in [-0.39, 0.29) is 11.5 Å². The summed E-state index contributed by atoms with van der Waals surface area (Å²) in [4.78, 5) is 12.9. The highest BCUT2D eigenvalue weighted by Crippen LogP contribution is 2.35. The number of carbonyl (C=O) groups is 1. The van der Waals surface area contributed by atoms with Crippen LogP contribution >= 0.6 is 31.9 Å². The van der Waals surface area contributed by atoms with E-state index >= 15 is 0 Å². The average molecular weight is 442 g/mol. The summed E-state index contributed by atoms with van der Waals surface area (Å²) in [5.41, 5.74) is 1.16. The van der Waals surface area contributed by atoms with Crippen molar-refractivity contribution in [3.8, 4) is 5.75 Å². The van der Waals surface area contributed by atoms with Crippen LogP contribution in [0, 0.1) is 5.82 Å². The zero-order valence-electron chi connectivity index (χ0n) is 12.0. The van der Waals surface area contributed by atoms with Crippen LogP contribution < -0.4 is 0 Å². The topological polar surface area (TPSA) is 50.4 Å². The van der Waals surface area contributed by atoms with Crippen molar-refractivity contribution in [1.82, 2.24) is 0 Å². The molecular formula is C17H11Br2FO3. The number of rotatable bonds is 3. The van der Waals surface area contributed by atoms with Crippen LogP contribution in [0.1, 0.15) is 28.6 Å². The van der Waals surface area contributed by atoms with Crippen molar-refractivity contribution in [2.45, 2.75) is 13.3 Å². The summed E-state index contributed by atoms with van der Waals surface area (Å²) in [6, 6.07) is 7.21. The number of aryl methyl sites for hydroxylation is 1. The first-order valence-corrected chi connectivity index (χ1v) is 8.44. The maximum atomic E-state index is 13.4. The van der Waals surface area contributed by atoms with Crippen LogP contribution in [0.15, 0.2) is 43.7 Å². The van der Waals surface area contributed by atoms with Crippen LogP contribution in [0.3, 0.4) is 0 Å². The van der Waals surface area contributed by atoms with Crippen molar-refractivity contribution >= 4 is 48.6 Å². The Labute approximate surface area is 148 Å². The van der Waals surface area contributed by atoms with Crippen molar-refractivity contribution in [2.24, 2.45) is 0 Å². The molecule has 1 aromatic heterocycles. The zero-order chi connectivity index (χ0) is 16.7. The molecule has 0 bridgehead atoms. The fourth-order valence-electron chi connectivity index (χ4n) is 2.46. The van der Waals surface area contributed by atoms with E-state index in [9.17, 15) is 14.3 Å². The van der Waals surface area contributed by atoms with E-state index < -0.39 is 5.82 Å². The predicted octanol–water partition coefficient (Wildman–Crippen LogP) is 5.60. The van der Waals surface area contributed by atoms with Crippen molar-refractivity contribution in [2.75, 3.05) is 0 Å². The summed E-state index contributed by atoms with van der Waals surface area (Å²) >= 11 is 6.44. The lowest BCUT2D eigenvalue weighted by molar-refractivity contribution is 0.103. The van der Waals surface area contributed by atoms with Gasteiger partial charge >= 0.3 is 0 Å². The largest absolute Gasteiger partial charge is 0.506 e. The Morgan fingerprint density at radius 3 is 2.48 bits per heavy atom. The smallest absolute Gasteiger partial charge is 0.197 e. The summed E-state index contributed by atoms with van der Waals surface area (Å²) in [6.07, 6.45) is 0.512. The van der Waals surface area contributed by atoms with Gasteiger partial charge in [-0.2, -0.15) is 0 Å². The van der Waals surface area contributed by atoms with Gasteiger partial charge in [-0.05, 0) is 56.1 Å². The molecule has 3 aromatic rings. The van der Waals surface area contributed by atoms with Gasteiger partial charge in [0, 0.05) is 23.4 Å². The molecule has 2 aromatic carbocycles. The number of hydrogen-bond acceptors (Lipinski definition) is 3. The standard InChI is InChI=1S/C17H11Br2FO3/c1-2-13-15(10-4-3-9(20)7-14(10)23-13)16(21)8-5-11(18)17(22)12(19)6-8/h3-7,22H,2H2,1H3. The Bertz CT molecular complexity index is 908. The van der Waals surface area contributed by atoms with Gasteiger partial charge in [-0.25, -0.2) is 4.39 Å². The number of carbonyl (C=O) groups excluding carboxylic acids is 1. The highest BCUT2D eigenvalue weighted by Gasteiger charge is 2.22. The summed E-state index contributed by atoms with van der Waals surface area (Å²) in [5.74, 6) is -0.121. The fraction of sp³-hybridized carbons (Fsp3) is 0.118. The minimum atomic E-state index is -0.414. The monoisotopic (exact) mass is 440 g/mol. The highest BCUT2D eigenvalue weighted by atomic mass is 79.9. The number of phenols is 1. The number of hydrogen-bond donors (Lipinski definition) is 1. The molecule has 0 aliphatic rings. The molecule has 23 heavy (non-hydrogen) atoms. The Balaban J connectivity index is 2.21. The lowest BCUT2D eigenvalue weighted by Gasteiger charge is -2.06. The molecule has 0 unspecified atom stereocenters. The van der Waals surface area contributed by atoms with Gasteiger partial charge in [0.1, 0.15) is 22.9 Å². The van der Waals surface area contributed by atoms with Gasteiger partial charge in [-0.15, -0.1) is 0 Å². The molecule has 0 atom stereocenters. The van der Waals surface area contributed by atoms with Gasteiger partial charge in [0.2, 0.25) is 0 Å². The molecule has 0 fully saturated rings. The second-order valence-corrected chi connectivity index (χ2v) is 6.72. The number of ketones is 1. The molecule has 0 amide bonds. The van der Waals surface area contributed by atoms with Crippen molar-refractivity contribution in [3.63, 3.8) is 0 Å². The summed E-state index contributed by atoms with van der Waals surface area (Å²) < 4.78 is 19.8. The van der Waals surface area contributed by atoms with E-state index in [1.807, 2.05) is 6.92 Å². The lowest BCUT2D eigenvalue weighted by Crippen LogP contribution is -2.03. The van der Waals surface area contributed by atoms with Crippen LogP contribution in [0.5, 0.6) is 5.75 Å². The third-order valence-corrected chi connectivity index (χ3v) is 4.76. The average Bonchev–Trinajstić information content (AvgIpc) is 2.88. The van der Waals surface area contributed by atoms with Gasteiger partial charge < -0.3 is 9.52 Å². The van der Waals surface area contributed by atoms with E-state index in [4.69, 9.17) is 4.42 Å². The Morgan fingerprint density at radius 2 is 1.87 bits per heavy atom. The van der Waals surface area contributed by atoms with Crippen LogP contribution in [-0.2, 0) is 6.42 Å². The van der Waals surface area contributed by atoms with Gasteiger partial charge in [-0.3, -0.25) is 4.79 Å². The summed E-state index contributed by atoms with van der Waals surface area (Å²) in [6.45, 7) is 1.87. The van der Waals surface area contributed by atoms with Crippen molar-refractivity contribution < 1.29 is 18.7 Å². The fourth-order valence-corrected chi connectivity index (χ4v) is 3.65. The van der Waals surface area contributed by atoms with E-state index in [0.29, 0.717) is 43.2 Å². The molecule has 1 N–H and O–H groups in total. The maximum Gasteiger partial charge on any atom is 0.197 e. The first-order chi connectivity index (χ1) is 10.9. The third-order valence-electron chi connectivity index (χ3n) is 3.55. The quantitative estimate of drug-likeness (QED) is 0.538. The molecule has 0 radical (unpaired) electrons. The Kier molecular flexibility index (Phi) is 4.29. The van der Waals surface area contributed by atoms with Gasteiger partial charge in [0.25, 0.3) is 0 Å². The van der Waals surface area contributed by atoms with Gasteiger partial charge in [-0.1, -0.05) is 6.92 Å². The third kappa shape index (κ3) is 2.81. The number of halogens is 3. The molecule has 1 heterocycles. The van der Waals surface area contributed by atoms with E-state index in [1.54, 1.807) is 18.2 Å². The molecule has 3 rings (SSSR count). The minimum absolute atomic E-state index is 0.0244. The van der Waals surface area contributed by atoms with Crippen LogP contribution in [0.4, 0.5) is 4.39 Å². The molecule has 0 aliphatic carbocycles. The van der Waals surface area contributed by atoms with E-state index in [0.717, 1.165) is 0 Å².